The van der Waals surface area contributed by atoms with Crippen LogP contribution in [0.1, 0.15) is 85.5 Å². The first-order valence-electron chi connectivity index (χ1n) is 20.6. The Bertz CT molecular complexity index is 2510. The zero-order valence-electron chi connectivity index (χ0n) is 34.0. The third-order valence-corrected chi connectivity index (χ3v) is 13.2. The van der Waals surface area contributed by atoms with E-state index in [1.165, 1.54) is 23.1 Å². The number of furan rings is 1. The number of ether oxygens (including phenoxy) is 3. The predicted molar refractivity (Wildman–Crippen MR) is 219 cm³/mol. The van der Waals surface area contributed by atoms with Gasteiger partial charge in [-0.2, -0.15) is 0 Å². The number of rotatable bonds is 8. The number of hydrogen-bond acceptors (Lipinski definition) is 11. The summed E-state index contributed by atoms with van der Waals surface area (Å²) in [6, 6.07) is 7.08. The summed E-state index contributed by atoms with van der Waals surface area (Å²) in [6.45, 7) is 7.30. The molecule has 2 aromatic carbocycles. The van der Waals surface area contributed by atoms with Gasteiger partial charge in [-0.25, -0.2) is 22.6 Å². The van der Waals surface area contributed by atoms with Crippen molar-refractivity contribution in [1.82, 2.24) is 25.2 Å². The molecular weight excluding hydrogens is 798 g/mol. The maximum Gasteiger partial charge on any atom is 0.408 e. The molecule has 8 rings (SSSR count). The molecule has 0 spiro atoms. The van der Waals surface area contributed by atoms with E-state index in [1.807, 2.05) is 19.1 Å². The van der Waals surface area contributed by atoms with E-state index in [-0.39, 0.29) is 42.7 Å². The molecule has 0 bridgehead atoms. The van der Waals surface area contributed by atoms with Crippen molar-refractivity contribution in [2.45, 2.75) is 120 Å². The van der Waals surface area contributed by atoms with Gasteiger partial charge in [-0.3, -0.25) is 19.1 Å². The van der Waals surface area contributed by atoms with Gasteiger partial charge in [0.1, 0.15) is 52.0 Å². The molecule has 2 saturated carbocycles. The molecule has 2 aliphatic carbocycles. The van der Waals surface area contributed by atoms with Gasteiger partial charge in [0.15, 0.2) is 11.3 Å². The van der Waals surface area contributed by atoms with Gasteiger partial charge in [-0.05, 0) is 96.6 Å². The fourth-order valence-corrected chi connectivity index (χ4v) is 9.56. The van der Waals surface area contributed by atoms with Crippen LogP contribution in [0.5, 0.6) is 11.5 Å². The lowest BCUT2D eigenvalue weighted by Gasteiger charge is -2.30. The summed E-state index contributed by atoms with van der Waals surface area (Å²) in [6.07, 6.45) is 6.10. The van der Waals surface area contributed by atoms with Gasteiger partial charge in [-0.1, -0.05) is 25.0 Å². The molecule has 3 fully saturated rings. The van der Waals surface area contributed by atoms with Gasteiger partial charge in [0.25, 0.3) is 5.91 Å². The Morgan fingerprint density at radius 1 is 1.07 bits per heavy atom. The number of halogens is 1. The van der Waals surface area contributed by atoms with Crippen molar-refractivity contribution < 1.29 is 50.6 Å². The van der Waals surface area contributed by atoms with Gasteiger partial charge in [0.2, 0.25) is 21.8 Å². The molecule has 0 radical (unpaired) electrons. The van der Waals surface area contributed by atoms with Gasteiger partial charge in [-0.15, -0.1) is 0 Å². The predicted octanol–water partition coefficient (Wildman–Crippen LogP) is 5.92. The highest BCUT2D eigenvalue weighted by Gasteiger charge is 2.62. The van der Waals surface area contributed by atoms with E-state index in [1.54, 1.807) is 39.0 Å². The monoisotopic (exact) mass is 847 g/mol. The summed E-state index contributed by atoms with van der Waals surface area (Å²) in [5.74, 6) is -2.26. The van der Waals surface area contributed by atoms with Crippen LogP contribution in [-0.2, 0) is 29.1 Å². The molecule has 320 valence electrons. The number of amides is 4. The Balaban J connectivity index is 1.17. The first-order chi connectivity index (χ1) is 28.5. The number of alkyl carbamates (subject to hydrolysis) is 1. The Morgan fingerprint density at radius 2 is 1.87 bits per heavy atom. The van der Waals surface area contributed by atoms with Crippen LogP contribution in [0.25, 0.3) is 33.0 Å². The van der Waals surface area contributed by atoms with Crippen LogP contribution in [0.15, 0.2) is 53.0 Å². The topological polar surface area (TPSA) is 195 Å². The molecule has 4 aliphatic rings. The number of pyridine rings is 1. The van der Waals surface area contributed by atoms with E-state index in [9.17, 15) is 32.0 Å². The van der Waals surface area contributed by atoms with Crippen LogP contribution >= 0.6 is 0 Å². The maximum absolute atomic E-state index is 14.7. The Morgan fingerprint density at radius 3 is 2.62 bits per heavy atom. The number of nitrogens with one attached hydrogen (secondary N) is 3. The smallest absolute Gasteiger partial charge is 0.408 e. The molecule has 0 unspecified atom stereocenters. The second kappa shape index (κ2) is 15.9. The van der Waals surface area contributed by atoms with Crippen molar-refractivity contribution >= 4 is 66.8 Å². The molecule has 17 heteroatoms. The number of benzene rings is 2. The van der Waals surface area contributed by atoms with Crippen LogP contribution in [0.4, 0.5) is 9.18 Å². The molecular formula is C43H50FN5O10S. The summed E-state index contributed by atoms with van der Waals surface area (Å²) in [5.41, 5.74) is -0.991. The molecule has 1 saturated heterocycles. The molecule has 4 amide bonds. The summed E-state index contributed by atoms with van der Waals surface area (Å²) in [7, 11) is -3.94. The Kier molecular flexibility index (Phi) is 10.9. The van der Waals surface area contributed by atoms with E-state index < -0.39 is 80.2 Å². The first kappa shape index (κ1) is 41.3. The third kappa shape index (κ3) is 8.45. The number of nitrogens with zero attached hydrogens (tertiary/aromatic N) is 2. The average Bonchev–Trinajstić information content (AvgIpc) is 4.08. The highest BCUT2D eigenvalue weighted by atomic mass is 32.2. The van der Waals surface area contributed by atoms with E-state index in [0.717, 1.165) is 12.8 Å². The molecule has 2 aromatic heterocycles. The SMILES string of the molecule is CCOc1ccc2oc3c(O[C@@H]4C[C@H]5C(=O)N[C@]6(C(=O)NS(=O)(=O)C7CC7)C[C@@H]6/C=C\CCCCC[C@H](NC(=O)OC(C)(C)C)C(=O)N5C4)c4ccc(F)cc4nc3c2c1. The number of hydrogen-bond donors (Lipinski definition) is 3. The summed E-state index contributed by atoms with van der Waals surface area (Å²) in [4.78, 5) is 62.4. The summed E-state index contributed by atoms with van der Waals surface area (Å²) < 4.78 is 67.1. The number of sulfonamides is 1. The van der Waals surface area contributed by atoms with Crippen LogP contribution in [0, 0.1) is 11.7 Å². The molecule has 15 nitrogen and oxygen atoms in total. The lowest BCUT2D eigenvalue weighted by atomic mass is 10.0. The number of fused-ring (bicyclic) bond motifs is 6. The van der Waals surface area contributed by atoms with Crippen molar-refractivity contribution in [2.75, 3.05) is 13.2 Å². The minimum atomic E-state index is -3.94. The fraction of sp³-hybridized carbons (Fsp3) is 0.512. The zero-order chi connectivity index (χ0) is 42.6. The number of carbonyl (C=O) groups excluding carboxylic acids is 4. The van der Waals surface area contributed by atoms with E-state index in [2.05, 4.69) is 15.4 Å². The molecule has 4 aromatic rings. The number of aromatic nitrogens is 1. The quantitative estimate of drug-likeness (QED) is 0.178. The molecule has 3 N–H and O–H groups in total. The molecule has 4 heterocycles. The van der Waals surface area contributed by atoms with Crippen LogP contribution < -0.4 is 24.8 Å². The van der Waals surface area contributed by atoms with Crippen molar-refractivity contribution in [3.05, 3.63) is 54.4 Å². The molecule has 2 aliphatic heterocycles. The maximum atomic E-state index is 14.7. The van der Waals surface area contributed by atoms with Crippen LogP contribution in [0.3, 0.4) is 0 Å². The van der Waals surface area contributed by atoms with E-state index in [4.69, 9.17) is 23.6 Å². The average molecular weight is 848 g/mol. The fourth-order valence-electron chi connectivity index (χ4n) is 8.20. The normalized spacial score (nSPS) is 25.7. The highest BCUT2D eigenvalue weighted by molar-refractivity contribution is 7.91. The lowest BCUT2D eigenvalue weighted by molar-refractivity contribution is -0.141. The van der Waals surface area contributed by atoms with Gasteiger partial charge in [0, 0.05) is 23.8 Å². The second-order valence-electron chi connectivity index (χ2n) is 17.2. The Hall–Kier alpha value is -5.45. The van der Waals surface area contributed by atoms with Gasteiger partial charge < -0.3 is 34.2 Å². The Labute approximate surface area is 346 Å². The van der Waals surface area contributed by atoms with E-state index in [0.29, 0.717) is 59.9 Å². The molecule has 60 heavy (non-hydrogen) atoms. The molecule has 5 atom stereocenters. The third-order valence-electron chi connectivity index (χ3n) is 11.4. The van der Waals surface area contributed by atoms with E-state index >= 15 is 0 Å². The summed E-state index contributed by atoms with van der Waals surface area (Å²) in [5, 5.41) is 5.98. The zero-order valence-corrected chi connectivity index (χ0v) is 34.9. The lowest BCUT2D eigenvalue weighted by Crippen LogP contribution is -2.58. The standard InChI is InChI=1S/C43H50FN5O10S/c1-5-56-26-14-18-34-30(20-26)35-37(58-34)36(29-17-13-25(44)19-32(29)45-35)57-27-21-33-38(50)47-43(40(52)48-60(54,55)28-15-16-28)22-24(43)11-9-7-6-8-10-12-31(39(51)49(33)23-27)46-41(53)59-42(2,3)4/h9,11,13-14,17-20,24,27-28,31,33H,5-8,10,12,15-16,21-23H2,1-4H3,(H,46,53)(H,47,50)(H,48,52)/b11-9-/t24-,27+,31-,33-,43+/m0/s1. The minimum Gasteiger partial charge on any atom is -0.494 e. The van der Waals surface area contributed by atoms with Crippen LogP contribution in [-0.4, -0.2) is 89.8 Å². The number of allylic oxidation sites excluding steroid dienone is 1. The number of carbonyl (C=O) groups is 4. The van der Waals surface area contributed by atoms with Gasteiger partial charge >= 0.3 is 6.09 Å². The largest absolute Gasteiger partial charge is 0.494 e. The summed E-state index contributed by atoms with van der Waals surface area (Å²) >= 11 is 0. The first-order valence-corrected chi connectivity index (χ1v) is 22.2. The second-order valence-corrected chi connectivity index (χ2v) is 19.1. The highest BCUT2D eigenvalue weighted by Crippen LogP contribution is 2.46. The van der Waals surface area contributed by atoms with Crippen molar-refractivity contribution in [3.8, 4) is 11.5 Å². The van der Waals surface area contributed by atoms with Crippen molar-refractivity contribution in [1.29, 1.82) is 0 Å². The van der Waals surface area contributed by atoms with Gasteiger partial charge in [0.05, 0.1) is 29.3 Å². The van der Waals surface area contributed by atoms with Crippen LogP contribution in [0.2, 0.25) is 0 Å². The van der Waals surface area contributed by atoms with Crippen molar-refractivity contribution in [2.24, 2.45) is 5.92 Å². The minimum absolute atomic E-state index is 0.0590. The van der Waals surface area contributed by atoms with Crippen molar-refractivity contribution in [3.63, 3.8) is 0 Å².